The van der Waals surface area contributed by atoms with E-state index in [1.165, 1.54) is 11.8 Å². The fourth-order valence-electron chi connectivity index (χ4n) is 1.70. The number of anilines is 1. The number of aromatic nitrogens is 4. The molecule has 0 spiro atoms. The zero-order chi connectivity index (χ0) is 14.5. The van der Waals surface area contributed by atoms with E-state index in [0.717, 1.165) is 10.6 Å². The lowest BCUT2D eigenvalue weighted by Crippen LogP contribution is -2.09. The summed E-state index contributed by atoms with van der Waals surface area (Å²) in [5.41, 5.74) is 3.48. The average Bonchev–Trinajstić information content (AvgIpc) is 2.56. The predicted molar refractivity (Wildman–Crippen MR) is 81.4 cm³/mol. The Morgan fingerprint density at radius 3 is 2.43 bits per heavy atom. The van der Waals surface area contributed by atoms with Gasteiger partial charge in [0.1, 0.15) is 10.8 Å². The molecule has 7 heteroatoms. The third-order valence-corrected chi connectivity index (χ3v) is 3.43. The Bertz CT molecular complexity index is 720. The zero-order valence-electron chi connectivity index (χ0n) is 11.0. The van der Waals surface area contributed by atoms with E-state index < -0.39 is 0 Å². The van der Waals surface area contributed by atoms with Gasteiger partial charge in [-0.1, -0.05) is 30.3 Å². The van der Waals surface area contributed by atoms with Crippen molar-refractivity contribution in [2.45, 2.75) is 10.2 Å². The summed E-state index contributed by atoms with van der Waals surface area (Å²) in [7, 11) is 0. The Balaban J connectivity index is 1.98. The summed E-state index contributed by atoms with van der Waals surface area (Å²) in [5, 5.41) is 1.35. The minimum Gasteiger partial charge on any atom is -0.308 e. The van der Waals surface area contributed by atoms with E-state index in [0.29, 0.717) is 16.8 Å². The van der Waals surface area contributed by atoms with Gasteiger partial charge in [-0.15, -0.1) is 0 Å². The summed E-state index contributed by atoms with van der Waals surface area (Å²) < 4.78 is 0. The molecule has 0 radical (unpaired) electrons. The monoisotopic (exact) mass is 296 g/mol. The Morgan fingerprint density at radius 1 is 0.952 bits per heavy atom. The van der Waals surface area contributed by atoms with Crippen LogP contribution in [0.2, 0.25) is 0 Å². The molecular formula is C14H12N6S. The summed E-state index contributed by atoms with van der Waals surface area (Å²) in [4.78, 5) is 17.2. The van der Waals surface area contributed by atoms with E-state index in [2.05, 4.69) is 25.4 Å². The van der Waals surface area contributed by atoms with E-state index in [4.69, 9.17) is 5.84 Å². The molecule has 2 aromatic heterocycles. The van der Waals surface area contributed by atoms with Crippen molar-refractivity contribution in [3.63, 3.8) is 0 Å². The van der Waals surface area contributed by atoms with Crippen LogP contribution in [0.4, 0.5) is 5.82 Å². The van der Waals surface area contributed by atoms with Gasteiger partial charge in [0.2, 0.25) is 0 Å². The Labute approximate surface area is 125 Å². The van der Waals surface area contributed by atoms with Crippen molar-refractivity contribution in [2.24, 2.45) is 5.84 Å². The fraction of sp³-hybridized carbons (Fsp3) is 0. The number of rotatable bonds is 4. The van der Waals surface area contributed by atoms with Crippen LogP contribution in [0.15, 0.2) is 65.0 Å². The number of nitrogens with zero attached hydrogens (tertiary/aromatic N) is 4. The molecule has 0 aliphatic rings. The Hall–Kier alpha value is -2.51. The fourth-order valence-corrected chi connectivity index (χ4v) is 2.42. The van der Waals surface area contributed by atoms with Crippen LogP contribution < -0.4 is 11.3 Å². The first kappa shape index (κ1) is 13.5. The number of benzene rings is 1. The number of hydrogen-bond donors (Lipinski definition) is 2. The molecule has 2 heterocycles. The van der Waals surface area contributed by atoms with E-state index in [1.807, 2.05) is 30.3 Å². The van der Waals surface area contributed by atoms with Crippen molar-refractivity contribution in [1.82, 2.24) is 19.9 Å². The summed E-state index contributed by atoms with van der Waals surface area (Å²) in [6.07, 6.45) is 3.38. The van der Waals surface area contributed by atoms with Crippen molar-refractivity contribution in [3.05, 3.63) is 54.9 Å². The summed E-state index contributed by atoms with van der Waals surface area (Å²) in [6, 6.07) is 13.2. The molecule has 0 bridgehead atoms. The van der Waals surface area contributed by atoms with E-state index in [-0.39, 0.29) is 0 Å². The molecule has 0 aliphatic carbocycles. The number of nitrogens with one attached hydrogen (secondary N) is 1. The van der Waals surface area contributed by atoms with Gasteiger partial charge in [0.15, 0.2) is 11.0 Å². The first-order valence-electron chi connectivity index (χ1n) is 6.21. The molecule has 0 saturated heterocycles. The molecule has 3 rings (SSSR count). The minimum atomic E-state index is 0.544. The molecule has 0 amide bonds. The number of hydrogen-bond acceptors (Lipinski definition) is 7. The van der Waals surface area contributed by atoms with Gasteiger partial charge in [0, 0.05) is 24.0 Å². The number of hydrazine groups is 1. The molecule has 21 heavy (non-hydrogen) atoms. The molecule has 0 atom stereocenters. The average molecular weight is 296 g/mol. The standard InChI is InChI=1S/C14H12N6S/c15-20-11-9-12(21-14-16-7-4-8-17-14)19-13(18-11)10-5-2-1-3-6-10/h1-9H,15H2,(H,18,19,20). The smallest absolute Gasteiger partial charge is 0.193 e. The van der Waals surface area contributed by atoms with E-state index in [1.54, 1.807) is 24.5 Å². The van der Waals surface area contributed by atoms with Crippen LogP contribution in [-0.2, 0) is 0 Å². The number of nitrogen functional groups attached to an aromatic ring is 1. The van der Waals surface area contributed by atoms with Gasteiger partial charge in [-0.25, -0.2) is 25.8 Å². The van der Waals surface area contributed by atoms with Crippen molar-refractivity contribution in [3.8, 4) is 11.4 Å². The Morgan fingerprint density at radius 2 is 1.71 bits per heavy atom. The lowest BCUT2D eigenvalue weighted by Gasteiger charge is -2.06. The lowest BCUT2D eigenvalue weighted by molar-refractivity contribution is 0.956. The van der Waals surface area contributed by atoms with E-state index >= 15 is 0 Å². The SMILES string of the molecule is NNc1cc(Sc2ncccn2)nc(-c2ccccc2)n1. The second-order valence-electron chi connectivity index (χ2n) is 4.06. The van der Waals surface area contributed by atoms with Gasteiger partial charge < -0.3 is 5.43 Å². The van der Waals surface area contributed by atoms with Gasteiger partial charge in [-0.3, -0.25) is 0 Å². The van der Waals surface area contributed by atoms with Crippen LogP contribution >= 0.6 is 11.8 Å². The zero-order valence-corrected chi connectivity index (χ0v) is 11.8. The topological polar surface area (TPSA) is 89.6 Å². The molecule has 6 nitrogen and oxygen atoms in total. The van der Waals surface area contributed by atoms with Crippen LogP contribution in [0.25, 0.3) is 11.4 Å². The molecule has 104 valence electrons. The van der Waals surface area contributed by atoms with Gasteiger partial charge in [0.05, 0.1) is 0 Å². The van der Waals surface area contributed by atoms with Crippen LogP contribution in [0.5, 0.6) is 0 Å². The predicted octanol–water partition coefficient (Wildman–Crippen LogP) is 2.37. The minimum absolute atomic E-state index is 0.544. The first-order chi connectivity index (χ1) is 10.3. The van der Waals surface area contributed by atoms with Crippen LogP contribution in [0, 0.1) is 0 Å². The third-order valence-electron chi connectivity index (χ3n) is 2.62. The normalized spacial score (nSPS) is 10.3. The quantitative estimate of drug-likeness (QED) is 0.330. The van der Waals surface area contributed by atoms with Gasteiger partial charge >= 0.3 is 0 Å². The first-order valence-corrected chi connectivity index (χ1v) is 7.03. The highest BCUT2D eigenvalue weighted by atomic mass is 32.2. The second kappa shape index (κ2) is 6.29. The van der Waals surface area contributed by atoms with Gasteiger partial charge in [-0.05, 0) is 17.8 Å². The van der Waals surface area contributed by atoms with Crippen LogP contribution in [0.3, 0.4) is 0 Å². The maximum Gasteiger partial charge on any atom is 0.193 e. The highest BCUT2D eigenvalue weighted by Crippen LogP contribution is 2.26. The molecule has 1 aromatic carbocycles. The summed E-state index contributed by atoms with van der Waals surface area (Å²) in [5.74, 6) is 6.62. The highest BCUT2D eigenvalue weighted by Gasteiger charge is 2.08. The van der Waals surface area contributed by atoms with Crippen LogP contribution in [-0.4, -0.2) is 19.9 Å². The van der Waals surface area contributed by atoms with Crippen molar-refractivity contribution in [1.29, 1.82) is 0 Å². The molecule has 3 aromatic rings. The third kappa shape index (κ3) is 3.33. The van der Waals surface area contributed by atoms with Crippen molar-refractivity contribution < 1.29 is 0 Å². The summed E-state index contributed by atoms with van der Waals surface area (Å²) in [6.45, 7) is 0. The van der Waals surface area contributed by atoms with E-state index in [9.17, 15) is 0 Å². The summed E-state index contributed by atoms with van der Waals surface area (Å²) >= 11 is 1.36. The van der Waals surface area contributed by atoms with Gasteiger partial charge in [0.25, 0.3) is 0 Å². The van der Waals surface area contributed by atoms with Gasteiger partial charge in [-0.2, -0.15) is 0 Å². The molecule has 0 unspecified atom stereocenters. The maximum absolute atomic E-state index is 5.48. The number of nitrogens with two attached hydrogens (primary N) is 1. The Kier molecular flexibility index (Phi) is 4.04. The second-order valence-corrected chi connectivity index (χ2v) is 5.05. The molecule has 3 N–H and O–H groups in total. The molecule has 0 fully saturated rings. The largest absolute Gasteiger partial charge is 0.308 e. The highest BCUT2D eigenvalue weighted by molar-refractivity contribution is 7.99. The van der Waals surface area contributed by atoms with Crippen LogP contribution in [0.1, 0.15) is 0 Å². The maximum atomic E-state index is 5.48. The van der Waals surface area contributed by atoms with Crippen molar-refractivity contribution >= 4 is 17.6 Å². The van der Waals surface area contributed by atoms with Crippen molar-refractivity contribution in [2.75, 3.05) is 5.43 Å². The molecule has 0 saturated carbocycles. The molecular weight excluding hydrogens is 284 g/mol. The lowest BCUT2D eigenvalue weighted by atomic mass is 10.2. The molecule has 0 aliphatic heterocycles.